The number of ether oxygens (including phenoxy) is 2. The predicted molar refractivity (Wildman–Crippen MR) is 60.8 cm³/mol. The monoisotopic (exact) mass is 313 g/mol. The van der Waals surface area contributed by atoms with E-state index < -0.39 is 19.6 Å². The van der Waals surface area contributed by atoms with E-state index in [-0.39, 0.29) is 0 Å². The van der Waals surface area contributed by atoms with E-state index in [1.807, 2.05) is 0 Å². The molecule has 96 valence electrons. The van der Waals surface area contributed by atoms with Gasteiger partial charge in [0.1, 0.15) is 12.4 Å². The second-order valence-corrected chi connectivity index (χ2v) is 4.28. The fourth-order valence-corrected chi connectivity index (χ4v) is 1.80. The summed E-state index contributed by atoms with van der Waals surface area (Å²) < 4.78 is 45.5. The van der Waals surface area contributed by atoms with Gasteiger partial charge in [0.15, 0.2) is 6.79 Å². The molecule has 0 fully saturated rings. The van der Waals surface area contributed by atoms with Crippen molar-refractivity contribution in [2.75, 3.05) is 19.1 Å². The zero-order valence-electron chi connectivity index (χ0n) is 8.97. The van der Waals surface area contributed by atoms with E-state index in [1.54, 1.807) is 19.1 Å². The SMILES string of the molecule is Cc1cc(Br)cc(N)c1OCOCC(F)(F)F. The Morgan fingerprint density at radius 1 is 1.35 bits per heavy atom. The number of aryl methyl sites for hydroxylation is 1. The van der Waals surface area contributed by atoms with Crippen LogP contribution >= 0.6 is 15.9 Å². The number of anilines is 1. The zero-order valence-corrected chi connectivity index (χ0v) is 10.6. The Balaban J connectivity index is 2.53. The van der Waals surface area contributed by atoms with Gasteiger partial charge in [0.2, 0.25) is 0 Å². The van der Waals surface area contributed by atoms with Crippen molar-refractivity contribution in [2.45, 2.75) is 13.1 Å². The van der Waals surface area contributed by atoms with Crippen molar-refractivity contribution in [2.24, 2.45) is 0 Å². The van der Waals surface area contributed by atoms with E-state index in [9.17, 15) is 13.2 Å². The van der Waals surface area contributed by atoms with Crippen LogP contribution in [0.15, 0.2) is 16.6 Å². The van der Waals surface area contributed by atoms with Crippen molar-refractivity contribution in [3.8, 4) is 5.75 Å². The molecule has 0 aliphatic heterocycles. The fourth-order valence-electron chi connectivity index (χ4n) is 1.21. The number of hydrogen-bond acceptors (Lipinski definition) is 3. The average Bonchev–Trinajstić information content (AvgIpc) is 2.13. The van der Waals surface area contributed by atoms with Crippen molar-refractivity contribution >= 4 is 21.6 Å². The molecule has 1 aromatic carbocycles. The summed E-state index contributed by atoms with van der Waals surface area (Å²) in [6.45, 7) is -0.102. The lowest BCUT2D eigenvalue weighted by atomic mass is 10.2. The Labute approximate surface area is 105 Å². The molecule has 1 rings (SSSR count). The molecule has 0 spiro atoms. The summed E-state index contributed by atoms with van der Waals surface area (Å²) >= 11 is 3.24. The molecule has 0 bridgehead atoms. The Bertz CT molecular complexity index is 373. The molecule has 1 aromatic rings. The molecule has 0 aromatic heterocycles. The Hall–Kier alpha value is -0.950. The first-order valence-electron chi connectivity index (χ1n) is 4.62. The summed E-state index contributed by atoms with van der Waals surface area (Å²) in [4.78, 5) is 0. The Morgan fingerprint density at radius 3 is 2.53 bits per heavy atom. The predicted octanol–water partition coefficient (Wildman–Crippen LogP) is 3.25. The molecule has 0 saturated carbocycles. The van der Waals surface area contributed by atoms with Gasteiger partial charge in [-0.1, -0.05) is 15.9 Å². The van der Waals surface area contributed by atoms with Gasteiger partial charge in [-0.25, -0.2) is 0 Å². The number of halogens is 4. The highest BCUT2D eigenvalue weighted by atomic mass is 79.9. The molecule has 0 unspecified atom stereocenters. The van der Waals surface area contributed by atoms with Crippen molar-refractivity contribution in [1.29, 1.82) is 0 Å². The number of benzene rings is 1. The van der Waals surface area contributed by atoms with Crippen LogP contribution in [0.3, 0.4) is 0 Å². The third kappa shape index (κ3) is 4.82. The van der Waals surface area contributed by atoms with Crippen LogP contribution in [-0.4, -0.2) is 19.6 Å². The van der Waals surface area contributed by atoms with E-state index in [0.717, 1.165) is 4.47 Å². The van der Waals surface area contributed by atoms with Gasteiger partial charge in [-0.15, -0.1) is 0 Å². The fraction of sp³-hybridized carbons (Fsp3) is 0.400. The van der Waals surface area contributed by atoms with Crippen LogP contribution in [0.5, 0.6) is 5.75 Å². The molecule has 3 nitrogen and oxygen atoms in total. The smallest absolute Gasteiger partial charge is 0.411 e. The number of alkyl halides is 3. The molecule has 0 radical (unpaired) electrons. The summed E-state index contributed by atoms with van der Waals surface area (Å²) in [7, 11) is 0. The van der Waals surface area contributed by atoms with Gasteiger partial charge >= 0.3 is 6.18 Å². The quantitative estimate of drug-likeness (QED) is 0.527. The molecule has 0 aliphatic carbocycles. The summed E-state index contributed by atoms with van der Waals surface area (Å²) in [6, 6.07) is 3.35. The van der Waals surface area contributed by atoms with Crippen LogP contribution in [-0.2, 0) is 4.74 Å². The van der Waals surface area contributed by atoms with Crippen LogP contribution in [0.25, 0.3) is 0 Å². The second kappa shape index (κ2) is 5.59. The van der Waals surface area contributed by atoms with Gasteiger partial charge in [-0.3, -0.25) is 0 Å². The van der Waals surface area contributed by atoms with Gasteiger partial charge < -0.3 is 15.2 Å². The minimum absolute atomic E-state index is 0.329. The summed E-state index contributed by atoms with van der Waals surface area (Å²) in [5.74, 6) is 0.329. The zero-order chi connectivity index (χ0) is 13.1. The number of hydrogen-bond donors (Lipinski definition) is 1. The molecule has 7 heteroatoms. The third-order valence-electron chi connectivity index (χ3n) is 1.82. The lowest BCUT2D eigenvalue weighted by Crippen LogP contribution is -2.19. The van der Waals surface area contributed by atoms with Gasteiger partial charge in [-0.05, 0) is 24.6 Å². The van der Waals surface area contributed by atoms with Crippen LogP contribution < -0.4 is 10.5 Å². The van der Waals surface area contributed by atoms with Gasteiger partial charge in [0.05, 0.1) is 5.69 Å². The average molecular weight is 314 g/mol. The first-order valence-corrected chi connectivity index (χ1v) is 5.42. The van der Waals surface area contributed by atoms with E-state index in [1.165, 1.54) is 0 Å². The van der Waals surface area contributed by atoms with Gasteiger partial charge in [0.25, 0.3) is 0 Å². The largest absolute Gasteiger partial charge is 0.465 e. The highest BCUT2D eigenvalue weighted by molar-refractivity contribution is 9.10. The Kier molecular flexibility index (Phi) is 4.64. The lowest BCUT2D eigenvalue weighted by Gasteiger charge is -2.13. The highest BCUT2D eigenvalue weighted by Gasteiger charge is 2.27. The number of nitrogen functional groups attached to an aromatic ring is 1. The number of rotatable bonds is 4. The maximum atomic E-state index is 11.8. The summed E-state index contributed by atoms with van der Waals surface area (Å²) in [5.41, 5.74) is 6.71. The molecule has 0 amide bonds. The normalized spacial score (nSPS) is 11.6. The summed E-state index contributed by atoms with van der Waals surface area (Å²) in [6.07, 6.45) is -4.36. The first-order chi connectivity index (χ1) is 7.79. The standard InChI is InChI=1S/C10H11BrF3NO2/c1-6-2-7(11)3-8(15)9(6)17-5-16-4-10(12,13)14/h2-3H,4-5,15H2,1H3. The molecule has 0 atom stereocenters. The molecule has 0 saturated heterocycles. The Morgan fingerprint density at radius 2 is 2.00 bits per heavy atom. The number of nitrogens with two attached hydrogens (primary N) is 1. The van der Waals surface area contributed by atoms with Crippen LogP contribution in [0.2, 0.25) is 0 Å². The van der Waals surface area contributed by atoms with Crippen LogP contribution in [0, 0.1) is 6.92 Å². The van der Waals surface area contributed by atoms with Crippen molar-refractivity contribution in [3.05, 3.63) is 22.2 Å². The van der Waals surface area contributed by atoms with Gasteiger partial charge in [-0.2, -0.15) is 13.2 Å². The highest BCUT2D eigenvalue weighted by Crippen LogP contribution is 2.30. The van der Waals surface area contributed by atoms with Crippen molar-refractivity contribution in [1.82, 2.24) is 0 Å². The van der Waals surface area contributed by atoms with E-state index >= 15 is 0 Å². The van der Waals surface area contributed by atoms with E-state index in [4.69, 9.17) is 10.5 Å². The molecule has 0 heterocycles. The van der Waals surface area contributed by atoms with E-state index in [0.29, 0.717) is 17.0 Å². The topological polar surface area (TPSA) is 44.5 Å². The first kappa shape index (κ1) is 14.1. The van der Waals surface area contributed by atoms with Crippen LogP contribution in [0.1, 0.15) is 5.56 Å². The maximum absolute atomic E-state index is 11.8. The van der Waals surface area contributed by atoms with Crippen molar-refractivity contribution < 1.29 is 22.6 Å². The minimum Gasteiger partial charge on any atom is -0.465 e. The van der Waals surface area contributed by atoms with Crippen LogP contribution in [0.4, 0.5) is 18.9 Å². The molecular weight excluding hydrogens is 303 g/mol. The molecule has 2 N–H and O–H groups in total. The van der Waals surface area contributed by atoms with Gasteiger partial charge in [0, 0.05) is 4.47 Å². The second-order valence-electron chi connectivity index (χ2n) is 3.37. The van der Waals surface area contributed by atoms with Crippen molar-refractivity contribution in [3.63, 3.8) is 0 Å². The third-order valence-corrected chi connectivity index (χ3v) is 2.28. The lowest BCUT2D eigenvalue weighted by molar-refractivity contribution is -0.186. The molecular formula is C10H11BrF3NO2. The molecule has 17 heavy (non-hydrogen) atoms. The minimum atomic E-state index is -4.36. The molecule has 0 aliphatic rings. The maximum Gasteiger partial charge on any atom is 0.411 e. The summed E-state index contributed by atoms with van der Waals surface area (Å²) in [5, 5.41) is 0. The van der Waals surface area contributed by atoms with E-state index in [2.05, 4.69) is 20.7 Å².